The number of aromatic nitrogens is 4. The van der Waals surface area contributed by atoms with Crippen molar-refractivity contribution in [1.29, 1.82) is 0 Å². The van der Waals surface area contributed by atoms with E-state index in [2.05, 4.69) is 27.2 Å². The summed E-state index contributed by atoms with van der Waals surface area (Å²) in [5.41, 5.74) is 2.82. The zero-order valence-electron chi connectivity index (χ0n) is 24.6. The molecule has 4 aromatic rings. The van der Waals surface area contributed by atoms with Gasteiger partial charge in [-0.05, 0) is 56.8 Å². The third kappa shape index (κ3) is 6.29. The van der Waals surface area contributed by atoms with Crippen LogP contribution in [0.5, 0.6) is 0 Å². The lowest BCUT2D eigenvalue weighted by molar-refractivity contribution is -0.234. The van der Waals surface area contributed by atoms with Gasteiger partial charge in [0.15, 0.2) is 5.82 Å². The van der Waals surface area contributed by atoms with Crippen LogP contribution in [0.1, 0.15) is 37.6 Å². The maximum Gasteiger partial charge on any atom is 0.233 e. The molecule has 2 saturated heterocycles. The number of hydrogen-bond acceptors (Lipinski definition) is 8. The van der Waals surface area contributed by atoms with Gasteiger partial charge in [0.1, 0.15) is 5.82 Å². The van der Waals surface area contributed by atoms with Crippen molar-refractivity contribution in [2.24, 2.45) is 5.41 Å². The molecule has 2 N–H and O–H groups in total. The number of amides is 1. The monoisotopic (exact) mass is 585 g/mol. The van der Waals surface area contributed by atoms with Gasteiger partial charge < -0.3 is 29.6 Å². The van der Waals surface area contributed by atoms with E-state index in [0.717, 1.165) is 18.7 Å². The number of piperazine rings is 1. The minimum atomic E-state index is -0.807. The Kier molecular flexibility index (Phi) is 8.20. The highest BCUT2D eigenvalue weighted by Gasteiger charge is 2.43. The molecule has 0 aliphatic carbocycles. The zero-order chi connectivity index (χ0) is 30.0. The number of nitrogens with one attached hydrogen (secondary N) is 2. The minimum absolute atomic E-state index is 0.0164. The van der Waals surface area contributed by atoms with Gasteiger partial charge >= 0.3 is 0 Å². The molecule has 0 bridgehead atoms. The number of likely N-dealkylation sites (N-methyl/N-ethyl adjacent to an activating group) is 1. The largest absolute Gasteiger partial charge is 0.348 e. The first-order chi connectivity index (χ1) is 20.8. The minimum Gasteiger partial charge on any atom is -0.348 e. The maximum atomic E-state index is 13.8. The first-order valence-corrected chi connectivity index (χ1v) is 14.5. The Labute approximate surface area is 250 Å². The van der Waals surface area contributed by atoms with Crippen molar-refractivity contribution >= 4 is 11.9 Å². The molecule has 11 heteroatoms. The van der Waals surface area contributed by atoms with E-state index in [0.29, 0.717) is 47.5 Å². The number of nitrogens with zero attached hydrogens (tertiary/aromatic N) is 5. The maximum absolute atomic E-state index is 13.8. The molecule has 6 rings (SSSR count). The molecule has 0 radical (unpaired) electrons. The summed E-state index contributed by atoms with van der Waals surface area (Å²) < 4.78 is 26.0. The molecule has 10 nitrogen and oxygen atoms in total. The number of imidazole rings is 1. The van der Waals surface area contributed by atoms with Gasteiger partial charge in [-0.1, -0.05) is 30.3 Å². The van der Waals surface area contributed by atoms with Crippen LogP contribution in [0.2, 0.25) is 0 Å². The fourth-order valence-corrected chi connectivity index (χ4v) is 5.37. The molecule has 2 aliphatic rings. The summed E-state index contributed by atoms with van der Waals surface area (Å²) in [5.74, 6) is 0.595. The first kappa shape index (κ1) is 28.9. The molecular weight excluding hydrogens is 549 g/mol. The summed E-state index contributed by atoms with van der Waals surface area (Å²) >= 11 is 0. The van der Waals surface area contributed by atoms with Crippen LogP contribution in [0, 0.1) is 11.2 Å². The van der Waals surface area contributed by atoms with Gasteiger partial charge in [0.25, 0.3) is 0 Å². The molecular formula is C32H36FN7O3. The quantitative estimate of drug-likeness (QED) is 0.322. The Hall–Kier alpha value is -4.19. The Balaban J connectivity index is 1.25. The van der Waals surface area contributed by atoms with Crippen molar-refractivity contribution in [3.63, 3.8) is 0 Å². The van der Waals surface area contributed by atoms with Gasteiger partial charge in [-0.15, -0.1) is 0 Å². The average Bonchev–Trinajstić information content (AvgIpc) is 3.48. The topological polar surface area (TPSA) is 108 Å². The molecule has 1 amide bonds. The third-order valence-corrected chi connectivity index (χ3v) is 8.03. The lowest BCUT2D eigenvalue weighted by Crippen LogP contribution is -2.55. The highest BCUT2D eigenvalue weighted by atomic mass is 19.1. The van der Waals surface area contributed by atoms with Crippen molar-refractivity contribution in [1.82, 2.24) is 29.7 Å². The summed E-state index contributed by atoms with van der Waals surface area (Å²) in [7, 11) is 2.06. The SMILES string of the molecule is CC(Nc1nccc(-c2[nH]c(C3OCC(C)(C(=O)N4CCN(C)CC4)CO3)nc2-c2ccc(F)cc2)n1)c1ccccc1. The number of halogens is 1. The van der Waals surface area contributed by atoms with Crippen molar-refractivity contribution in [2.75, 3.05) is 51.8 Å². The summed E-state index contributed by atoms with van der Waals surface area (Å²) in [5, 5.41) is 3.36. The third-order valence-electron chi connectivity index (χ3n) is 8.03. The van der Waals surface area contributed by atoms with Crippen LogP contribution in [0.4, 0.5) is 10.3 Å². The predicted molar refractivity (Wildman–Crippen MR) is 160 cm³/mol. The molecule has 4 heterocycles. The Morgan fingerprint density at radius 3 is 2.42 bits per heavy atom. The van der Waals surface area contributed by atoms with E-state index in [1.165, 1.54) is 12.1 Å². The molecule has 224 valence electrons. The van der Waals surface area contributed by atoms with E-state index in [1.807, 2.05) is 49.1 Å². The van der Waals surface area contributed by atoms with Crippen molar-refractivity contribution in [3.05, 3.63) is 84.1 Å². The van der Waals surface area contributed by atoms with E-state index in [1.54, 1.807) is 24.4 Å². The Morgan fingerprint density at radius 1 is 1.02 bits per heavy atom. The normalized spacial score (nSPS) is 21.9. The first-order valence-electron chi connectivity index (χ1n) is 14.5. The molecule has 2 aromatic heterocycles. The summed E-state index contributed by atoms with van der Waals surface area (Å²) in [4.78, 5) is 34.8. The van der Waals surface area contributed by atoms with Crippen LogP contribution in [0.15, 0.2) is 66.9 Å². The second-order valence-corrected chi connectivity index (χ2v) is 11.5. The van der Waals surface area contributed by atoms with Crippen LogP contribution >= 0.6 is 0 Å². The summed E-state index contributed by atoms with van der Waals surface area (Å²) in [6.07, 6.45) is 0.874. The highest BCUT2D eigenvalue weighted by Crippen LogP contribution is 2.36. The second kappa shape index (κ2) is 12.2. The zero-order valence-corrected chi connectivity index (χ0v) is 24.6. The lowest BCUT2D eigenvalue weighted by Gasteiger charge is -2.41. The molecule has 2 aliphatic heterocycles. The summed E-state index contributed by atoms with van der Waals surface area (Å²) in [6, 6.07) is 18.0. The smallest absolute Gasteiger partial charge is 0.233 e. The van der Waals surface area contributed by atoms with E-state index in [9.17, 15) is 9.18 Å². The number of carbonyl (C=O) groups is 1. The van der Waals surface area contributed by atoms with Gasteiger partial charge in [-0.3, -0.25) is 4.79 Å². The average molecular weight is 586 g/mol. The predicted octanol–water partition coefficient (Wildman–Crippen LogP) is 4.67. The van der Waals surface area contributed by atoms with Gasteiger partial charge in [0.05, 0.1) is 41.8 Å². The van der Waals surface area contributed by atoms with Crippen LogP contribution in [0.25, 0.3) is 22.6 Å². The van der Waals surface area contributed by atoms with E-state index in [-0.39, 0.29) is 31.0 Å². The van der Waals surface area contributed by atoms with Crippen LogP contribution in [0.3, 0.4) is 0 Å². The van der Waals surface area contributed by atoms with Gasteiger partial charge in [-0.2, -0.15) is 0 Å². The van der Waals surface area contributed by atoms with Crippen molar-refractivity contribution < 1.29 is 18.7 Å². The fraction of sp³-hybridized carbons (Fsp3) is 0.375. The van der Waals surface area contributed by atoms with Crippen molar-refractivity contribution in [3.8, 4) is 22.6 Å². The molecule has 1 atom stereocenters. The standard InChI is InChI=1S/C32H36FN7O3/c1-21(22-7-5-4-6-8-22)35-31-34-14-13-25(36-31)27-26(23-9-11-24(33)12-10-23)37-28(38-27)29-42-19-32(2,20-43-29)30(41)40-17-15-39(3)16-18-40/h4-14,21,29H,15-20H2,1-3H3,(H,37,38)(H,34,35,36). The molecule has 43 heavy (non-hydrogen) atoms. The van der Waals surface area contributed by atoms with Gasteiger partial charge in [-0.25, -0.2) is 19.3 Å². The molecule has 1 unspecified atom stereocenters. The van der Waals surface area contributed by atoms with E-state index >= 15 is 0 Å². The number of carbonyl (C=O) groups excluding carboxylic acids is 1. The fourth-order valence-electron chi connectivity index (χ4n) is 5.37. The summed E-state index contributed by atoms with van der Waals surface area (Å²) in [6.45, 7) is 7.40. The van der Waals surface area contributed by atoms with Crippen LogP contribution < -0.4 is 5.32 Å². The number of aromatic amines is 1. The molecule has 2 aromatic carbocycles. The molecule has 2 fully saturated rings. The highest BCUT2D eigenvalue weighted by molar-refractivity contribution is 5.83. The number of H-pyrrole nitrogens is 1. The molecule has 0 spiro atoms. The van der Waals surface area contributed by atoms with Gasteiger partial charge in [0, 0.05) is 37.9 Å². The number of rotatable bonds is 7. The second-order valence-electron chi connectivity index (χ2n) is 11.5. The number of anilines is 1. The van der Waals surface area contributed by atoms with Crippen molar-refractivity contribution in [2.45, 2.75) is 26.2 Å². The number of hydrogen-bond donors (Lipinski definition) is 2. The van der Waals surface area contributed by atoms with Gasteiger partial charge in [0.2, 0.25) is 18.1 Å². The van der Waals surface area contributed by atoms with E-state index < -0.39 is 11.7 Å². The number of benzene rings is 2. The Morgan fingerprint density at radius 2 is 1.72 bits per heavy atom. The Bertz CT molecular complexity index is 1550. The van der Waals surface area contributed by atoms with Crippen LogP contribution in [-0.4, -0.2) is 82.1 Å². The molecule has 0 saturated carbocycles. The number of ether oxygens (including phenoxy) is 2. The van der Waals surface area contributed by atoms with E-state index in [4.69, 9.17) is 19.4 Å². The lowest BCUT2D eigenvalue weighted by atomic mass is 9.90. The van der Waals surface area contributed by atoms with Crippen LogP contribution in [-0.2, 0) is 14.3 Å².